The van der Waals surface area contributed by atoms with Gasteiger partial charge in [-0.1, -0.05) is 41.9 Å². The van der Waals surface area contributed by atoms with Gasteiger partial charge in [-0.15, -0.1) is 0 Å². The molecule has 0 atom stereocenters. The Balaban J connectivity index is 1.48. The number of piperidine rings is 1. The molecule has 0 spiro atoms. The van der Waals surface area contributed by atoms with Crippen LogP contribution in [-0.4, -0.2) is 37.8 Å². The van der Waals surface area contributed by atoms with Gasteiger partial charge in [-0.3, -0.25) is 4.79 Å². The zero-order valence-electron chi connectivity index (χ0n) is 15.0. The number of benzene rings is 2. The predicted molar refractivity (Wildman–Crippen MR) is 106 cm³/mol. The number of rotatable bonds is 6. The molecule has 1 aliphatic rings. The molecule has 1 heterocycles. The fourth-order valence-electron chi connectivity index (χ4n) is 3.20. The molecule has 1 amide bonds. The molecule has 2 aromatic carbocycles. The van der Waals surface area contributed by atoms with Gasteiger partial charge in [0, 0.05) is 30.6 Å². The van der Waals surface area contributed by atoms with Crippen molar-refractivity contribution in [1.82, 2.24) is 9.62 Å². The van der Waals surface area contributed by atoms with Gasteiger partial charge in [0.1, 0.15) is 0 Å². The minimum Gasteiger partial charge on any atom is -0.353 e. The second-order valence-corrected chi connectivity index (χ2v) is 9.06. The van der Waals surface area contributed by atoms with Crippen molar-refractivity contribution in [2.45, 2.75) is 36.6 Å². The molecule has 5 nitrogen and oxygen atoms in total. The van der Waals surface area contributed by atoms with Crippen molar-refractivity contribution in [3.63, 3.8) is 0 Å². The summed E-state index contributed by atoms with van der Waals surface area (Å²) in [5.74, 6) is 0.0119. The second-order valence-electron chi connectivity index (χ2n) is 6.69. The Morgan fingerprint density at radius 1 is 1.04 bits per heavy atom. The molecule has 1 N–H and O–H groups in total. The van der Waals surface area contributed by atoms with E-state index in [9.17, 15) is 13.2 Å². The summed E-state index contributed by atoms with van der Waals surface area (Å²) in [7, 11) is -3.51. The van der Waals surface area contributed by atoms with Gasteiger partial charge in [0.25, 0.3) is 0 Å². The molecule has 0 saturated carbocycles. The van der Waals surface area contributed by atoms with Crippen molar-refractivity contribution >= 4 is 27.5 Å². The summed E-state index contributed by atoms with van der Waals surface area (Å²) in [5.41, 5.74) is 1.14. The number of carbonyl (C=O) groups excluding carboxylic acids is 1. The first kappa shape index (κ1) is 19.9. The van der Waals surface area contributed by atoms with E-state index in [4.69, 9.17) is 11.6 Å². The van der Waals surface area contributed by atoms with Crippen molar-refractivity contribution in [2.24, 2.45) is 0 Å². The number of halogens is 1. The smallest absolute Gasteiger partial charge is 0.243 e. The van der Waals surface area contributed by atoms with E-state index in [-0.39, 0.29) is 16.8 Å². The Bertz CT molecular complexity index is 862. The monoisotopic (exact) mass is 406 g/mol. The summed E-state index contributed by atoms with van der Waals surface area (Å²) < 4.78 is 26.8. The van der Waals surface area contributed by atoms with Crippen LogP contribution in [0.1, 0.15) is 24.8 Å². The molecule has 7 heteroatoms. The highest BCUT2D eigenvalue weighted by Gasteiger charge is 2.29. The summed E-state index contributed by atoms with van der Waals surface area (Å²) in [6.07, 6.45) is 2.37. The van der Waals surface area contributed by atoms with Gasteiger partial charge in [0.15, 0.2) is 0 Å². The second kappa shape index (κ2) is 8.87. The minimum absolute atomic E-state index is 0.0119. The van der Waals surface area contributed by atoms with Gasteiger partial charge in [-0.05, 0) is 49.1 Å². The molecule has 0 radical (unpaired) electrons. The Morgan fingerprint density at radius 3 is 2.30 bits per heavy atom. The molecular formula is C20H23ClN2O3S. The SMILES string of the molecule is O=C(CCc1ccccc1)NC1CCN(S(=O)(=O)c2ccc(Cl)cc2)CC1. The lowest BCUT2D eigenvalue weighted by atomic mass is 10.1. The maximum absolute atomic E-state index is 12.7. The van der Waals surface area contributed by atoms with Crippen LogP contribution in [0, 0.1) is 0 Å². The van der Waals surface area contributed by atoms with Gasteiger partial charge in [-0.25, -0.2) is 8.42 Å². The summed E-state index contributed by atoms with van der Waals surface area (Å²) in [5, 5.41) is 3.54. The molecule has 2 aromatic rings. The summed E-state index contributed by atoms with van der Waals surface area (Å²) in [4.78, 5) is 12.4. The van der Waals surface area contributed by atoms with Gasteiger partial charge in [-0.2, -0.15) is 4.31 Å². The van der Waals surface area contributed by atoms with Crippen LogP contribution in [0.2, 0.25) is 5.02 Å². The van der Waals surface area contributed by atoms with Crippen LogP contribution in [-0.2, 0) is 21.2 Å². The molecule has 0 aromatic heterocycles. The quantitative estimate of drug-likeness (QED) is 0.800. The number of carbonyl (C=O) groups is 1. The molecule has 144 valence electrons. The van der Waals surface area contributed by atoms with E-state index < -0.39 is 10.0 Å². The fraction of sp³-hybridized carbons (Fsp3) is 0.350. The van der Waals surface area contributed by atoms with Crippen molar-refractivity contribution in [3.05, 3.63) is 65.2 Å². The molecule has 3 rings (SSSR count). The largest absolute Gasteiger partial charge is 0.353 e. The van der Waals surface area contributed by atoms with Crippen molar-refractivity contribution in [2.75, 3.05) is 13.1 Å². The summed E-state index contributed by atoms with van der Waals surface area (Å²) in [6, 6.07) is 16.1. The highest BCUT2D eigenvalue weighted by atomic mass is 35.5. The lowest BCUT2D eigenvalue weighted by Crippen LogP contribution is -2.46. The van der Waals surface area contributed by atoms with Crippen LogP contribution in [0.4, 0.5) is 0 Å². The Hall–Kier alpha value is -1.89. The topological polar surface area (TPSA) is 66.5 Å². The van der Waals surface area contributed by atoms with Crippen molar-refractivity contribution < 1.29 is 13.2 Å². The number of hydrogen-bond acceptors (Lipinski definition) is 3. The van der Waals surface area contributed by atoms with E-state index in [1.54, 1.807) is 12.1 Å². The molecule has 0 unspecified atom stereocenters. The highest BCUT2D eigenvalue weighted by Crippen LogP contribution is 2.22. The van der Waals surface area contributed by atoms with Crippen molar-refractivity contribution in [3.8, 4) is 0 Å². The number of amides is 1. The van der Waals surface area contributed by atoms with Crippen LogP contribution < -0.4 is 5.32 Å². The maximum Gasteiger partial charge on any atom is 0.243 e. The first-order valence-corrected chi connectivity index (χ1v) is 10.9. The van der Waals surface area contributed by atoms with E-state index in [1.165, 1.54) is 16.4 Å². The Kier molecular flexibility index (Phi) is 6.52. The van der Waals surface area contributed by atoms with Crippen LogP contribution in [0.5, 0.6) is 0 Å². The summed E-state index contributed by atoms with van der Waals surface area (Å²) in [6.45, 7) is 0.795. The number of sulfonamides is 1. The minimum atomic E-state index is -3.51. The third kappa shape index (κ3) is 5.31. The molecule has 0 aliphatic carbocycles. The van der Waals surface area contributed by atoms with Crippen LogP contribution >= 0.6 is 11.6 Å². The fourth-order valence-corrected chi connectivity index (χ4v) is 4.79. The van der Waals surface area contributed by atoms with Crippen molar-refractivity contribution in [1.29, 1.82) is 0 Å². The lowest BCUT2D eigenvalue weighted by molar-refractivity contribution is -0.122. The van der Waals surface area contributed by atoms with Gasteiger partial charge in [0.2, 0.25) is 15.9 Å². The third-order valence-electron chi connectivity index (χ3n) is 4.75. The number of hydrogen-bond donors (Lipinski definition) is 1. The van der Waals surface area contributed by atoms with E-state index in [0.29, 0.717) is 43.8 Å². The molecule has 27 heavy (non-hydrogen) atoms. The van der Waals surface area contributed by atoms with Gasteiger partial charge >= 0.3 is 0 Å². The van der Waals surface area contributed by atoms with E-state index in [2.05, 4.69) is 5.32 Å². The average molecular weight is 407 g/mol. The zero-order valence-corrected chi connectivity index (χ0v) is 16.5. The van der Waals surface area contributed by atoms with E-state index >= 15 is 0 Å². The first-order chi connectivity index (χ1) is 12.9. The van der Waals surface area contributed by atoms with E-state index in [0.717, 1.165) is 5.56 Å². The molecule has 0 bridgehead atoms. The number of nitrogens with zero attached hydrogens (tertiary/aromatic N) is 1. The van der Waals surface area contributed by atoms with E-state index in [1.807, 2.05) is 30.3 Å². The number of aryl methyl sites for hydroxylation is 1. The zero-order chi connectivity index (χ0) is 19.3. The van der Waals surface area contributed by atoms with Crippen LogP contribution in [0.3, 0.4) is 0 Å². The maximum atomic E-state index is 12.7. The Morgan fingerprint density at radius 2 is 1.67 bits per heavy atom. The lowest BCUT2D eigenvalue weighted by Gasteiger charge is -2.31. The third-order valence-corrected chi connectivity index (χ3v) is 6.92. The van der Waals surface area contributed by atoms with Gasteiger partial charge in [0.05, 0.1) is 4.90 Å². The molecule has 1 saturated heterocycles. The standard InChI is InChI=1S/C20H23ClN2O3S/c21-17-7-9-19(10-8-17)27(25,26)23-14-12-18(13-15-23)22-20(24)11-6-16-4-2-1-3-5-16/h1-5,7-10,18H,6,11-15H2,(H,22,24). The Labute approximate surface area is 165 Å². The normalized spacial score (nSPS) is 16.2. The van der Waals surface area contributed by atoms with Gasteiger partial charge < -0.3 is 5.32 Å². The average Bonchev–Trinajstić information content (AvgIpc) is 2.68. The summed E-state index contributed by atoms with van der Waals surface area (Å²) >= 11 is 5.83. The molecular weight excluding hydrogens is 384 g/mol. The number of nitrogens with one attached hydrogen (secondary N) is 1. The van der Waals surface area contributed by atoms with Crippen LogP contribution in [0.15, 0.2) is 59.5 Å². The molecule has 1 aliphatic heterocycles. The first-order valence-electron chi connectivity index (χ1n) is 9.04. The molecule has 1 fully saturated rings. The predicted octanol–water partition coefficient (Wildman–Crippen LogP) is 3.24. The van der Waals surface area contributed by atoms with Crippen LogP contribution in [0.25, 0.3) is 0 Å². The highest BCUT2D eigenvalue weighted by molar-refractivity contribution is 7.89.